The molecule has 1 fully saturated rings. The second-order valence-corrected chi connectivity index (χ2v) is 7.55. The summed E-state index contributed by atoms with van der Waals surface area (Å²) in [5.74, 6) is -0.882. The van der Waals surface area contributed by atoms with Crippen molar-refractivity contribution in [1.29, 1.82) is 0 Å². The molecule has 0 aromatic carbocycles. The molecule has 3 rings (SSSR count). The van der Waals surface area contributed by atoms with E-state index in [2.05, 4.69) is 4.98 Å². The van der Waals surface area contributed by atoms with Gasteiger partial charge in [-0.25, -0.2) is 9.78 Å². The average Bonchev–Trinajstić information content (AvgIpc) is 3.05. The third kappa shape index (κ3) is 2.56. The average molecular weight is 357 g/mol. The number of thioether (sulfide) groups is 2. The van der Waals surface area contributed by atoms with Crippen LogP contribution in [0.4, 0.5) is 0 Å². The Morgan fingerprint density at radius 1 is 1.55 bits per heavy atom. The van der Waals surface area contributed by atoms with Crippen LogP contribution in [-0.4, -0.2) is 54.9 Å². The van der Waals surface area contributed by atoms with E-state index in [9.17, 15) is 19.5 Å². The molecule has 2 aliphatic heterocycles. The minimum absolute atomic E-state index is 0.0325. The SMILES string of the molecule is NC1C(=O)N2C(C(=O)O)=C(CSC(=O)c3nccs3)CS[C@H]12. The van der Waals surface area contributed by atoms with Crippen molar-refractivity contribution < 1.29 is 19.5 Å². The van der Waals surface area contributed by atoms with E-state index in [0.717, 1.165) is 11.8 Å². The first kappa shape index (κ1) is 15.5. The Hall–Kier alpha value is -1.36. The number of β-lactam (4-membered cyclic amide) rings is 1. The van der Waals surface area contributed by atoms with E-state index >= 15 is 0 Å². The maximum atomic E-state index is 11.9. The number of hydrogen-bond acceptors (Lipinski definition) is 8. The molecule has 0 saturated carbocycles. The van der Waals surface area contributed by atoms with Gasteiger partial charge in [0, 0.05) is 23.1 Å². The van der Waals surface area contributed by atoms with E-state index in [1.165, 1.54) is 28.0 Å². The van der Waals surface area contributed by atoms with Crippen LogP contribution in [-0.2, 0) is 9.59 Å². The van der Waals surface area contributed by atoms with Gasteiger partial charge in [-0.15, -0.1) is 23.1 Å². The van der Waals surface area contributed by atoms with Gasteiger partial charge in [0.15, 0.2) is 5.01 Å². The van der Waals surface area contributed by atoms with Gasteiger partial charge in [0.05, 0.1) is 0 Å². The van der Waals surface area contributed by atoms with E-state index in [0.29, 0.717) is 16.3 Å². The molecular formula is C12H11N3O4S3. The monoisotopic (exact) mass is 357 g/mol. The molecule has 116 valence electrons. The minimum atomic E-state index is -1.16. The van der Waals surface area contributed by atoms with Gasteiger partial charge in [-0.1, -0.05) is 11.8 Å². The predicted molar refractivity (Wildman–Crippen MR) is 84.6 cm³/mol. The van der Waals surface area contributed by atoms with Crippen molar-refractivity contribution >= 4 is 51.9 Å². The van der Waals surface area contributed by atoms with Crippen LogP contribution in [0.2, 0.25) is 0 Å². The zero-order chi connectivity index (χ0) is 15.9. The van der Waals surface area contributed by atoms with Crippen molar-refractivity contribution in [3.05, 3.63) is 27.9 Å². The van der Waals surface area contributed by atoms with Crippen molar-refractivity contribution in [3.8, 4) is 0 Å². The molecule has 2 aliphatic rings. The molecular weight excluding hydrogens is 346 g/mol. The van der Waals surface area contributed by atoms with Crippen LogP contribution < -0.4 is 5.73 Å². The fourth-order valence-corrected chi connectivity index (χ4v) is 5.16. The van der Waals surface area contributed by atoms with Crippen molar-refractivity contribution in [2.24, 2.45) is 5.73 Å². The second-order valence-electron chi connectivity index (χ2n) is 4.61. The number of nitrogens with two attached hydrogens (primary N) is 1. The van der Waals surface area contributed by atoms with Gasteiger partial charge in [0.1, 0.15) is 17.1 Å². The van der Waals surface area contributed by atoms with Gasteiger partial charge >= 0.3 is 5.97 Å². The molecule has 3 heterocycles. The number of thiazole rings is 1. The number of carboxylic acids is 1. The van der Waals surface area contributed by atoms with Crippen LogP contribution in [0.15, 0.2) is 22.8 Å². The molecule has 1 amide bonds. The number of rotatable bonds is 4. The molecule has 2 atom stereocenters. The highest BCUT2D eigenvalue weighted by Crippen LogP contribution is 2.40. The summed E-state index contributed by atoms with van der Waals surface area (Å²) in [4.78, 5) is 40.3. The number of carbonyl (C=O) groups is 3. The standard InChI is InChI=1S/C12H11N3O4S3/c13-6-9(16)15-7(11(17)18)5(3-21-10(6)15)4-22-12(19)8-14-1-2-20-8/h1-2,6,10H,3-4,13H2,(H,17,18)/t6?,10-/m1/s1. The Morgan fingerprint density at radius 2 is 2.32 bits per heavy atom. The summed E-state index contributed by atoms with van der Waals surface area (Å²) in [6.07, 6.45) is 1.54. The highest BCUT2D eigenvalue weighted by molar-refractivity contribution is 8.14. The summed E-state index contributed by atoms with van der Waals surface area (Å²) in [5, 5.41) is 10.9. The number of hydrogen-bond donors (Lipinski definition) is 2. The Kier molecular flexibility index (Phi) is 4.26. The fourth-order valence-electron chi connectivity index (χ4n) is 2.23. The maximum absolute atomic E-state index is 11.9. The van der Waals surface area contributed by atoms with Crippen LogP contribution in [0.25, 0.3) is 0 Å². The molecule has 22 heavy (non-hydrogen) atoms. The lowest BCUT2D eigenvalue weighted by Crippen LogP contribution is -2.68. The van der Waals surface area contributed by atoms with Gasteiger partial charge in [-0.3, -0.25) is 14.5 Å². The first-order chi connectivity index (χ1) is 10.5. The summed E-state index contributed by atoms with van der Waals surface area (Å²) in [6.45, 7) is 0. The lowest BCUT2D eigenvalue weighted by atomic mass is 10.0. The molecule has 1 aromatic rings. The van der Waals surface area contributed by atoms with Crippen molar-refractivity contribution in [3.63, 3.8) is 0 Å². The maximum Gasteiger partial charge on any atom is 0.352 e. The molecule has 3 N–H and O–H groups in total. The van der Waals surface area contributed by atoms with E-state index in [-0.39, 0.29) is 27.8 Å². The van der Waals surface area contributed by atoms with Gasteiger partial charge in [-0.2, -0.15) is 0 Å². The summed E-state index contributed by atoms with van der Waals surface area (Å²) in [7, 11) is 0. The molecule has 0 spiro atoms. The predicted octanol–water partition coefficient (Wildman–Crippen LogP) is 0.598. The molecule has 1 saturated heterocycles. The molecule has 10 heteroatoms. The first-order valence-corrected chi connectivity index (χ1v) is 9.14. The zero-order valence-corrected chi connectivity index (χ0v) is 13.5. The quantitative estimate of drug-likeness (QED) is 0.753. The van der Waals surface area contributed by atoms with E-state index < -0.39 is 12.0 Å². The summed E-state index contributed by atoms with van der Waals surface area (Å²) < 4.78 is 0. The minimum Gasteiger partial charge on any atom is -0.477 e. The van der Waals surface area contributed by atoms with Gasteiger partial charge < -0.3 is 10.8 Å². The van der Waals surface area contributed by atoms with E-state index in [4.69, 9.17) is 5.73 Å². The number of aromatic nitrogens is 1. The first-order valence-electron chi connectivity index (χ1n) is 6.23. The van der Waals surface area contributed by atoms with Gasteiger partial charge in [0.2, 0.25) is 11.0 Å². The highest BCUT2D eigenvalue weighted by Gasteiger charge is 2.51. The highest BCUT2D eigenvalue weighted by atomic mass is 32.2. The number of carbonyl (C=O) groups excluding carboxylic acids is 2. The molecule has 7 nitrogen and oxygen atoms in total. The van der Waals surface area contributed by atoms with Crippen molar-refractivity contribution in [2.45, 2.75) is 11.4 Å². The zero-order valence-electron chi connectivity index (χ0n) is 11.1. The molecule has 0 bridgehead atoms. The van der Waals surface area contributed by atoms with Gasteiger partial charge in [0.25, 0.3) is 0 Å². The largest absolute Gasteiger partial charge is 0.477 e. The van der Waals surface area contributed by atoms with Crippen LogP contribution in [0.1, 0.15) is 9.80 Å². The molecule has 0 radical (unpaired) electrons. The molecule has 1 aromatic heterocycles. The summed E-state index contributed by atoms with van der Waals surface area (Å²) in [5.41, 5.74) is 6.20. The normalized spacial score (nSPS) is 24.0. The van der Waals surface area contributed by atoms with Crippen LogP contribution in [0, 0.1) is 0 Å². The Labute approximate surface area is 137 Å². The third-order valence-electron chi connectivity index (χ3n) is 3.28. The topological polar surface area (TPSA) is 114 Å². The Balaban J connectivity index is 1.77. The fraction of sp³-hybridized carbons (Fsp3) is 0.333. The number of amides is 1. The van der Waals surface area contributed by atoms with E-state index in [1.807, 2.05) is 0 Å². The van der Waals surface area contributed by atoms with Gasteiger partial charge in [-0.05, 0) is 5.57 Å². The number of nitrogens with zero attached hydrogens (tertiary/aromatic N) is 2. The van der Waals surface area contributed by atoms with Crippen molar-refractivity contribution in [2.75, 3.05) is 11.5 Å². The molecule has 0 aliphatic carbocycles. The number of carboxylic acid groups (broad SMARTS) is 1. The summed E-state index contributed by atoms with van der Waals surface area (Å²) >= 11 is 3.66. The lowest BCUT2D eigenvalue weighted by Gasteiger charge is -2.48. The second kappa shape index (κ2) is 6.03. The van der Waals surface area contributed by atoms with Crippen LogP contribution >= 0.6 is 34.9 Å². The van der Waals surface area contributed by atoms with E-state index in [1.54, 1.807) is 11.6 Å². The van der Waals surface area contributed by atoms with Crippen molar-refractivity contribution in [1.82, 2.24) is 9.88 Å². The Bertz CT molecular complexity index is 673. The Morgan fingerprint density at radius 3 is 2.95 bits per heavy atom. The van der Waals surface area contributed by atoms with Crippen LogP contribution in [0.3, 0.4) is 0 Å². The summed E-state index contributed by atoms with van der Waals surface area (Å²) in [6, 6.07) is -0.648. The lowest BCUT2D eigenvalue weighted by molar-refractivity contribution is -0.147. The van der Waals surface area contributed by atoms with Crippen LogP contribution in [0.5, 0.6) is 0 Å². The third-order valence-corrected chi connectivity index (χ3v) is 6.49. The number of aliphatic carboxylic acids is 1. The smallest absolute Gasteiger partial charge is 0.352 e. The molecule has 1 unspecified atom stereocenters. The number of fused-ring (bicyclic) bond motifs is 1.